The number of anilines is 1. The van der Waals surface area contributed by atoms with Crippen LogP contribution < -0.4 is 10.5 Å². The molecule has 56 heavy (non-hydrogen) atoms. The number of Topliss-reactive ketones (excluding diaryl/α,β-unsaturated/α-hetero) is 1. The van der Waals surface area contributed by atoms with Gasteiger partial charge in [0, 0.05) is 22.4 Å². The predicted octanol–water partition coefficient (Wildman–Crippen LogP) is 2.72. The lowest BCUT2D eigenvalue weighted by Gasteiger charge is -2.59. The van der Waals surface area contributed by atoms with Crippen LogP contribution in [0.2, 0.25) is 0 Å². The quantitative estimate of drug-likeness (QED) is 0.203. The number of nitrogens with two attached hydrogens (primary N) is 1. The van der Waals surface area contributed by atoms with E-state index >= 15 is 4.39 Å². The van der Waals surface area contributed by atoms with Gasteiger partial charge in [-0.05, 0) is 85.9 Å². The van der Waals surface area contributed by atoms with Crippen LogP contribution in [-0.2, 0) is 35.1 Å². The molecule has 0 aromatic heterocycles. The Morgan fingerprint density at radius 1 is 1.07 bits per heavy atom. The van der Waals surface area contributed by atoms with E-state index in [1.807, 2.05) is 26.0 Å². The first-order valence-electron chi connectivity index (χ1n) is 19.3. The van der Waals surface area contributed by atoms with Gasteiger partial charge in [-0.25, -0.2) is 4.39 Å². The normalized spacial score (nSPS) is 41.3. The van der Waals surface area contributed by atoms with E-state index in [1.165, 1.54) is 6.07 Å². The molecule has 2 saturated heterocycles. The number of allylic oxidation sites excluding steroid dienone is 4. The third-order valence-electron chi connectivity index (χ3n) is 13.8. The van der Waals surface area contributed by atoms with Crippen molar-refractivity contribution in [3.63, 3.8) is 0 Å². The number of aliphatic hydroxyl groups is 5. The SMILES string of the molecule is Cc1ccc(OCc2cccc(N)c2)c(F)c1[C@@H]1O[C@@H]2C[C@H]3[C@@H]4CCC5=CC(=O)C=C[C@]5(C)[C@H]4[C@@H](O)C[C@]3(C)[C@]2(C(=O)CO[C@@H]2O[C@H](CO)[C@H](O)[C@H](O)[C@H]2O)O1. The number of carbonyl (C=O) groups is 2. The number of ketones is 2. The van der Waals surface area contributed by atoms with Crippen LogP contribution in [0.5, 0.6) is 5.75 Å². The van der Waals surface area contributed by atoms with E-state index in [9.17, 15) is 35.1 Å². The monoisotopic (exact) mass is 779 g/mol. The third kappa shape index (κ3) is 5.99. The zero-order valence-electron chi connectivity index (χ0n) is 31.5. The van der Waals surface area contributed by atoms with Crippen molar-refractivity contribution in [2.24, 2.45) is 28.6 Å². The lowest BCUT2D eigenvalue weighted by Crippen LogP contribution is -2.64. The molecular weight excluding hydrogens is 729 g/mol. The Balaban J connectivity index is 1.13. The molecule has 4 aliphatic carbocycles. The van der Waals surface area contributed by atoms with Crippen LogP contribution in [0.1, 0.15) is 62.5 Å². The number of fused-ring (bicyclic) bond motifs is 7. The standard InChI is InChI=1S/C42H50FNO12/c1-20-7-10-28(52-18-21-5-4-6-23(44)13-21)34(43)32(20)38-55-31-15-26-25-9-8-22-14-24(46)11-12-40(22,2)33(25)27(47)16-41(26,3)42(31,56-38)30(48)19-53-39-37(51)36(50)35(49)29(17-45)54-39/h4-7,10-14,25-27,29,31,33,35-39,45,47,49-51H,8-9,15-19,44H2,1-3H3/t25-,26-,27-,29+,31+,33+,35-,36-,37+,38+,39+,40-,41-,42+/m0/s1. The molecule has 5 fully saturated rings. The molecule has 2 heterocycles. The molecule has 6 aliphatic rings. The summed E-state index contributed by atoms with van der Waals surface area (Å²) >= 11 is 0. The molecule has 2 aliphatic heterocycles. The third-order valence-corrected chi connectivity index (χ3v) is 13.8. The molecule has 13 nitrogen and oxygen atoms in total. The van der Waals surface area contributed by atoms with Crippen molar-refractivity contribution in [3.05, 3.63) is 82.7 Å². The molecule has 8 rings (SSSR count). The maximum atomic E-state index is 16.6. The van der Waals surface area contributed by atoms with Gasteiger partial charge in [0.15, 0.2) is 41.3 Å². The van der Waals surface area contributed by atoms with Gasteiger partial charge < -0.3 is 55.0 Å². The Labute approximate surface area is 323 Å². The molecule has 0 radical (unpaired) electrons. The zero-order chi connectivity index (χ0) is 39.9. The second-order valence-electron chi connectivity index (χ2n) is 16.8. The van der Waals surface area contributed by atoms with Crippen molar-refractivity contribution in [3.8, 4) is 5.75 Å². The van der Waals surface area contributed by atoms with Gasteiger partial charge >= 0.3 is 0 Å². The minimum Gasteiger partial charge on any atom is -0.486 e. The molecular formula is C42H50FNO12. The maximum absolute atomic E-state index is 16.6. The number of ether oxygens (including phenoxy) is 5. The topological polar surface area (TPSA) is 207 Å². The summed E-state index contributed by atoms with van der Waals surface area (Å²) in [5.41, 5.74) is 5.29. The van der Waals surface area contributed by atoms with Crippen molar-refractivity contribution < 1.29 is 63.2 Å². The fourth-order valence-corrected chi connectivity index (χ4v) is 11.1. The van der Waals surface area contributed by atoms with Crippen molar-refractivity contribution in [1.29, 1.82) is 0 Å². The van der Waals surface area contributed by atoms with Crippen LogP contribution in [0, 0.1) is 41.3 Å². The fourth-order valence-electron chi connectivity index (χ4n) is 11.1. The van der Waals surface area contributed by atoms with E-state index in [4.69, 9.17) is 29.4 Å². The lowest BCUT2D eigenvalue weighted by molar-refractivity contribution is -0.300. The van der Waals surface area contributed by atoms with Gasteiger partial charge in [-0.3, -0.25) is 9.59 Å². The highest BCUT2D eigenvalue weighted by molar-refractivity contribution is 6.01. The zero-order valence-corrected chi connectivity index (χ0v) is 31.5. The molecule has 0 amide bonds. The first kappa shape index (κ1) is 39.3. The molecule has 14 heteroatoms. The maximum Gasteiger partial charge on any atom is 0.193 e. The minimum absolute atomic E-state index is 0.0382. The summed E-state index contributed by atoms with van der Waals surface area (Å²) in [7, 11) is 0. The Morgan fingerprint density at radius 2 is 1.86 bits per heavy atom. The Hall–Kier alpha value is -3.57. The Morgan fingerprint density at radius 3 is 2.61 bits per heavy atom. The molecule has 0 bridgehead atoms. The molecule has 2 aromatic rings. The average Bonchev–Trinajstić information content (AvgIpc) is 3.65. The van der Waals surface area contributed by atoms with Gasteiger partial charge in [0.2, 0.25) is 0 Å². The number of aryl methyl sites for hydroxylation is 1. The van der Waals surface area contributed by atoms with Crippen molar-refractivity contribution in [2.75, 3.05) is 18.9 Å². The summed E-state index contributed by atoms with van der Waals surface area (Å²) in [5, 5.41) is 53.3. The molecule has 14 atom stereocenters. The number of hydrogen-bond donors (Lipinski definition) is 6. The highest BCUT2D eigenvalue weighted by Crippen LogP contribution is 2.70. The van der Waals surface area contributed by atoms with Crippen LogP contribution >= 0.6 is 0 Å². The summed E-state index contributed by atoms with van der Waals surface area (Å²) in [5.74, 6) is -2.02. The fraction of sp³-hybridized carbons (Fsp3) is 0.571. The van der Waals surface area contributed by atoms with Crippen molar-refractivity contribution in [1.82, 2.24) is 0 Å². The largest absolute Gasteiger partial charge is 0.486 e. The van der Waals surface area contributed by atoms with Crippen LogP contribution in [0.3, 0.4) is 0 Å². The van der Waals surface area contributed by atoms with E-state index in [2.05, 4.69) is 0 Å². The second kappa shape index (κ2) is 14.4. The van der Waals surface area contributed by atoms with E-state index in [0.717, 1.165) is 11.1 Å². The Kier molecular flexibility index (Phi) is 10.1. The van der Waals surface area contributed by atoms with Crippen LogP contribution in [0.4, 0.5) is 10.1 Å². The highest BCUT2D eigenvalue weighted by atomic mass is 19.1. The van der Waals surface area contributed by atoms with E-state index in [1.54, 1.807) is 43.3 Å². The van der Waals surface area contributed by atoms with Gasteiger partial charge in [-0.2, -0.15) is 0 Å². The summed E-state index contributed by atoms with van der Waals surface area (Å²) < 4.78 is 47.3. The molecule has 0 unspecified atom stereocenters. The number of carbonyl (C=O) groups excluding carboxylic acids is 2. The van der Waals surface area contributed by atoms with E-state index in [0.29, 0.717) is 30.5 Å². The predicted molar refractivity (Wildman–Crippen MR) is 196 cm³/mol. The number of halogens is 1. The number of benzene rings is 2. The van der Waals surface area contributed by atoms with Gasteiger partial charge in [-0.15, -0.1) is 0 Å². The average molecular weight is 780 g/mol. The molecule has 3 saturated carbocycles. The summed E-state index contributed by atoms with van der Waals surface area (Å²) in [6.45, 7) is 4.30. The molecule has 0 spiro atoms. The van der Waals surface area contributed by atoms with Crippen molar-refractivity contribution in [2.45, 2.75) is 108 Å². The number of aliphatic hydroxyl groups excluding tert-OH is 5. The molecule has 2 aromatic carbocycles. The van der Waals surface area contributed by atoms with Crippen LogP contribution in [-0.4, -0.2) is 98.8 Å². The smallest absolute Gasteiger partial charge is 0.193 e. The molecule has 7 N–H and O–H groups in total. The molecule has 302 valence electrons. The minimum atomic E-state index is -1.78. The summed E-state index contributed by atoms with van der Waals surface area (Å²) in [6.07, 6.45) is -4.27. The lowest BCUT2D eigenvalue weighted by atomic mass is 9.46. The van der Waals surface area contributed by atoms with Gasteiger partial charge in [0.05, 0.1) is 24.4 Å². The number of nitrogen functional groups attached to an aromatic ring is 1. The van der Waals surface area contributed by atoms with Gasteiger partial charge in [-0.1, -0.05) is 43.7 Å². The van der Waals surface area contributed by atoms with E-state index in [-0.39, 0.29) is 47.9 Å². The van der Waals surface area contributed by atoms with E-state index < -0.39 is 90.4 Å². The Bertz CT molecular complexity index is 1950. The van der Waals surface area contributed by atoms with Gasteiger partial charge in [0.25, 0.3) is 0 Å². The van der Waals surface area contributed by atoms with Gasteiger partial charge in [0.1, 0.15) is 37.6 Å². The van der Waals surface area contributed by atoms with Crippen LogP contribution in [0.15, 0.2) is 60.2 Å². The first-order chi connectivity index (χ1) is 26.6. The number of rotatable bonds is 9. The second-order valence-corrected chi connectivity index (χ2v) is 16.8. The summed E-state index contributed by atoms with van der Waals surface area (Å²) in [4.78, 5) is 27.3. The first-order valence-corrected chi connectivity index (χ1v) is 19.3. The van der Waals surface area contributed by atoms with Crippen LogP contribution in [0.25, 0.3) is 0 Å². The van der Waals surface area contributed by atoms with Crippen molar-refractivity contribution >= 4 is 17.3 Å². The highest BCUT2D eigenvalue weighted by Gasteiger charge is 2.76. The number of hydrogen-bond acceptors (Lipinski definition) is 13. The summed E-state index contributed by atoms with van der Waals surface area (Å²) in [6, 6.07) is 10.2.